The number of amides is 1. The second-order valence-electron chi connectivity index (χ2n) is 3.39. The van der Waals surface area contributed by atoms with Crippen LogP contribution in [0.25, 0.3) is 0 Å². The van der Waals surface area contributed by atoms with Gasteiger partial charge in [0.15, 0.2) is 0 Å². The fourth-order valence-electron chi connectivity index (χ4n) is 1.57. The molecule has 76 valence electrons. The summed E-state index contributed by atoms with van der Waals surface area (Å²) in [5.74, 6) is 0.208. The van der Waals surface area contributed by atoms with Crippen LogP contribution in [0.4, 0.5) is 0 Å². The van der Waals surface area contributed by atoms with Crippen molar-refractivity contribution in [1.29, 1.82) is 0 Å². The Balaban J connectivity index is 2.18. The summed E-state index contributed by atoms with van der Waals surface area (Å²) in [4.78, 5) is 15.4. The van der Waals surface area contributed by atoms with Crippen LogP contribution in [0.1, 0.15) is 13.3 Å². The number of rotatable bonds is 3. The average molecular weight is 249 g/mol. The maximum absolute atomic E-state index is 11.0. The van der Waals surface area contributed by atoms with E-state index in [1.54, 1.807) is 6.92 Å². The van der Waals surface area contributed by atoms with Crippen molar-refractivity contribution < 1.29 is 4.79 Å². The third-order valence-corrected chi connectivity index (χ3v) is 2.99. The normalized spacial score (nSPS) is 19.1. The molecule has 0 aromatic heterocycles. The van der Waals surface area contributed by atoms with Crippen LogP contribution in [-0.4, -0.2) is 53.8 Å². The summed E-state index contributed by atoms with van der Waals surface area (Å²) in [5, 5.41) is 1.07. The van der Waals surface area contributed by atoms with Crippen molar-refractivity contribution in [2.24, 2.45) is 0 Å². The molecular formula is C9H17BrN2O. The molecule has 0 aliphatic carbocycles. The number of carbonyl (C=O) groups is 1. The van der Waals surface area contributed by atoms with Gasteiger partial charge in [-0.2, -0.15) is 0 Å². The first-order chi connectivity index (χ1) is 6.24. The lowest BCUT2D eigenvalue weighted by molar-refractivity contribution is -0.130. The molecule has 4 heteroatoms. The number of halogens is 1. The third kappa shape index (κ3) is 3.65. The molecule has 1 saturated heterocycles. The van der Waals surface area contributed by atoms with Gasteiger partial charge in [-0.25, -0.2) is 0 Å². The SMILES string of the molecule is CC(=O)N1CCN(CCCBr)CC1. The topological polar surface area (TPSA) is 23.6 Å². The van der Waals surface area contributed by atoms with Crippen molar-refractivity contribution >= 4 is 21.8 Å². The molecule has 0 saturated carbocycles. The second kappa shape index (κ2) is 5.60. The van der Waals surface area contributed by atoms with Gasteiger partial charge in [0, 0.05) is 38.4 Å². The lowest BCUT2D eigenvalue weighted by atomic mass is 10.3. The molecule has 3 nitrogen and oxygen atoms in total. The van der Waals surface area contributed by atoms with Crippen LogP contribution < -0.4 is 0 Å². The predicted octanol–water partition coefficient (Wildman–Crippen LogP) is 0.935. The maximum Gasteiger partial charge on any atom is 0.219 e. The van der Waals surface area contributed by atoms with E-state index >= 15 is 0 Å². The molecule has 1 amide bonds. The van der Waals surface area contributed by atoms with E-state index in [0.717, 1.165) is 38.1 Å². The lowest BCUT2D eigenvalue weighted by Gasteiger charge is -2.34. The number of hydrogen-bond acceptors (Lipinski definition) is 2. The van der Waals surface area contributed by atoms with Crippen LogP contribution in [0.2, 0.25) is 0 Å². The minimum Gasteiger partial charge on any atom is -0.340 e. The van der Waals surface area contributed by atoms with Crippen LogP contribution in [0.5, 0.6) is 0 Å². The summed E-state index contributed by atoms with van der Waals surface area (Å²) < 4.78 is 0. The van der Waals surface area contributed by atoms with Crippen LogP contribution in [0.15, 0.2) is 0 Å². The van der Waals surface area contributed by atoms with Crippen molar-refractivity contribution in [3.63, 3.8) is 0 Å². The predicted molar refractivity (Wildman–Crippen MR) is 57.1 cm³/mol. The Hall–Kier alpha value is -0.0900. The van der Waals surface area contributed by atoms with Gasteiger partial charge in [0.2, 0.25) is 5.91 Å². The van der Waals surface area contributed by atoms with Crippen LogP contribution in [0, 0.1) is 0 Å². The Kier molecular flexibility index (Phi) is 4.73. The largest absolute Gasteiger partial charge is 0.340 e. The smallest absolute Gasteiger partial charge is 0.219 e. The molecule has 0 N–H and O–H groups in total. The molecule has 0 spiro atoms. The van der Waals surface area contributed by atoms with Crippen molar-refractivity contribution in [3.05, 3.63) is 0 Å². The molecule has 1 heterocycles. The summed E-state index contributed by atoms with van der Waals surface area (Å²) >= 11 is 3.42. The van der Waals surface area contributed by atoms with Gasteiger partial charge in [-0.3, -0.25) is 9.69 Å². The summed E-state index contributed by atoms with van der Waals surface area (Å²) in [6, 6.07) is 0. The van der Waals surface area contributed by atoms with Crippen molar-refractivity contribution in [1.82, 2.24) is 9.80 Å². The quantitative estimate of drug-likeness (QED) is 0.695. The zero-order valence-corrected chi connectivity index (χ0v) is 9.72. The van der Waals surface area contributed by atoms with E-state index in [9.17, 15) is 4.79 Å². The third-order valence-electron chi connectivity index (χ3n) is 2.43. The highest BCUT2D eigenvalue weighted by Crippen LogP contribution is 2.03. The Morgan fingerprint density at radius 1 is 1.31 bits per heavy atom. The molecule has 0 aromatic carbocycles. The molecule has 0 atom stereocenters. The van der Waals surface area contributed by atoms with Crippen molar-refractivity contribution in [3.8, 4) is 0 Å². The van der Waals surface area contributed by atoms with Gasteiger partial charge in [0.05, 0.1) is 0 Å². The van der Waals surface area contributed by atoms with Gasteiger partial charge in [-0.05, 0) is 13.0 Å². The summed E-state index contributed by atoms with van der Waals surface area (Å²) in [5.41, 5.74) is 0. The van der Waals surface area contributed by atoms with Crippen LogP contribution in [0.3, 0.4) is 0 Å². The minimum absolute atomic E-state index is 0.208. The highest BCUT2D eigenvalue weighted by molar-refractivity contribution is 9.09. The minimum atomic E-state index is 0.208. The van der Waals surface area contributed by atoms with E-state index in [1.165, 1.54) is 6.42 Å². The first-order valence-electron chi connectivity index (χ1n) is 4.78. The highest BCUT2D eigenvalue weighted by atomic mass is 79.9. The zero-order chi connectivity index (χ0) is 9.68. The number of piperazine rings is 1. The summed E-state index contributed by atoms with van der Waals surface area (Å²) in [6.45, 7) is 6.67. The Morgan fingerprint density at radius 2 is 1.92 bits per heavy atom. The van der Waals surface area contributed by atoms with Crippen molar-refractivity contribution in [2.75, 3.05) is 38.1 Å². The fourth-order valence-corrected chi connectivity index (χ4v) is 1.82. The summed E-state index contributed by atoms with van der Waals surface area (Å²) in [7, 11) is 0. The van der Waals surface area contributed by atoms with Gasteiger partial charge < -0.3 is 4.90 Å². The molecular weight excluding hydrogens is 232 g/mol. The van der Waals surface area contributed by atoms with Gasteiger partial charge in [0.1, 0.15) is 0 Å². The molecule has 1 aliphatic rings. The fraction of sp³-hybridized carbons (Fsp3) is 0.889. The Labute approximate surface area is 88.2 Å². The standard InChI is InChI=1S/C9H17BrN2O/c1-9(13)12-7-5-11(6-8-12)4-2-3-10/h2-8H2,1H3. The highest BCUT2D eigenvalue weighted by Gasteiger charge is 2.17. The number of hydrogen-bond donors (Lipinski definition) is 0. The van der Waals surface area contributed by atoms with E-state index in [1.807, 2.05) is 4.90 Å². The van der Waals surface area contributed by atoms with Crippen LogP contribution >= 0.6 is 15.9 Å². The molecule has 13 heavy (non-hydrogen) atoms. The van der Waals surface area contributed by atoms with E-state index in [2.05, 4.69) is 20.8 Å². The average Bonchev–Trinajstić information content (AvgIpc) is 2.15. The maximum atomic E-state index is 11.0. The monoisotopic (exact) mass is 248 g/mol. The first kappa shape index (κ1) is 11.0. The van der Waals surface area contributed by atoms with Gasteiger partial charge in [-0.15, -0.1) is 0 Å². The van der Waals surface area contributed by atoms with Crippen LogP contribution in [-0.2, 0) is 4.79 Å². The van der Waals surface area contributed by atoms with Gasteiger partial charge in [-0.1, -0.05) is 15.9 Å². The molecule has 1 aliphatic heterocycles. The van der Waals surface area contributed by atoms with E-state index in [0.29, 0.717) is 0 Å². The zero-order valence-electron chi connectivity index (χ0n) is 8.13. The number of nitrogens with zero attached hydrogens (tertiary/aromatic N) is 2. The Morgan fingerprint density at radius 3 is 2.38 bits per heavy atom. The molecule has 0 unspecified atom stereocenters. The molecule has 1 fully saturated rings. The lowest BCUT2D eigenvalue weighted by Crippen LogP contribution is -2.48. The molecule has 0 bridgehead atoms. The van der Waals surface area contributed by atoms with Crippen molar-refractivity contribution in [2.45, 2.75) is 13.3 Å². The first-order valence-corrected chi connectivity index (χ1v) is 5.90. The van der Waals surface area contributed by atoms with E-state index in [-0.39, 0.29) is 5.91 Å². The Bertz CT molecular complexity index is 167. The number of carbonyl (C=O) groups excluding carboxylic acids is 1. The van der Waals surface area contributed by atoms with Gasteiger partial charge in [0.25, 0.3) is 0 Å². The van der Waals surface area contributed by atoms with E-state index < -0.39 is 0 Å². The van der Waals surface area contributed by atoms with Gasteiger partial charge >= 0.3 is 0 Å². The number of alkyl halides is 1. The molecule has 1 rings (SSSR count). The van der Waals surface area contributed by atoms with E-state index in [4.69, 9.17) is 0 Å². The molecule has 0 radical (unpaired) electrons. The second-order valence-corrected chi connectivity index (χ2v) is 4.18. The summed E-state index contributed by atoms with van der Waals surface area (Å²) in [6.07, 6.45) is 1.19. The molecule has 0 aromatic rings.